The molecule has 1 aliphatic rings. The third kappa shape index (κ3) is 2.33. The predicted octanol–water partition coefficient (Wildman–Crippen LogP) is 0.891. The fourth-order valence-electron chi connectivity index (χ4n) is 0.533. The number of hydrogen-bond acceptors (Lipinski definition) is 4. The van der Waals surface area contributed by atoms with Gasteiger partial charge in [-0.15, -0.1) is 0 Å². The van der Waals surface area contributed by atoms with Gasteiger partial charge in [0.15, 0.2) is 0 Å². The van der Waals surface area contributed by atoms with Gasteiger partial charge in [0.25, 0.3) is 0 Å². The first-order valence-electron chi connectivity index (χ1n) is 3.20. The van der Waals surface area contributed by atoms with Crippen LogP contribution in [0.3, 0.4) is 0 Å². The van der Waals surface area contributed by atoms with Crippen molar-refractivity contribution in [3.63, 3.8) is 0 Å². The summed E-state index contributed by atoms with van der Waals surface area (Å²) in [5.74, 6) is 0. The van der Waals surface area contributed by atoms with Crippen molar-refractivity contribution < 1.29 is 14.3 Å². The van der Waals surface area contributed by atoms with E-state index in [0.29, 0.717) is 13.0 Å². The molecule has 0 amide bonds. The minimum Gasteiger partial charge on any atom is -0.363 e. The lowest BCUT2D eigenvalue weighted by Crippen LogP contribution is -2.09. The highest BCUT2D eigenvalue weighted by atomic mass is 16.8. The first kappa shape index (κ1) is 7.50. The molecule has 1 radical (unpaired) electrons. The lowest BCUT2D eigenvalue weighted by molar-refractivity contribution is -0.141. The van der Waals surface area contributed by atoms with Crippen molar-refractivity contribution in [3.05, 3.63) is 6.79 Å². The Morgan fingerprint density at radius 3 is 3.40 bits per heavy atom. The van der Waals surface area contributed by atoms with E-state index in [1.54, 1.807) is 6.21 Å². The Hall–Kier alpha value is -0.610. The molecule has 0 aromatic carbocycles. The van der Waals surface area contributed by atoms with Crippen LogP contribution in [-0.4, -0.2) is 19.1 Å². The molecule has 0 aliphatic carbocycles. The number of ether oxygens (including phenoxy) is 2. The molecule has 4 nitrogen and oxygen atoms in total. The molecule has 0 aromatic heterocycles. The summed E-state index contributed by atoms with van der Waals surface area (Å²) < 4.78 is 9.76. The average molecular weight is 144 g/mol. The molecule has 1 atom stereocenters. The highest BCUT2D eigenvalue weighted by molar-refractivity contribution is 5.58. The lowest BCUT2D eigenvalue weighted by Gasteiger charge is -2.07. The quantitative estimate of drug-likeness (QED) is 0.550. The smallest absolute Gasteiger partial charge is 0.234 e. The van der Waals surface area contributed by atoms with Crippen molar-refractivity contribution in [2.75, 3.05) is 6.61 Å². The Morgan fingerprint density at radius 1 is 1.90 bits per heavy atom. The molecule has 4 heteroatoms. The Labute approximate surface area is 59.7 Å². The van der Waals surface area contributed by atoms with Gasteiger partial charge in [-0.25, -0.2) is 0 Å². The van der Waals surface area contributed by atoms with E-state index in [1.807, 2.05) is 6.92 Å². The van der Waals surface area contributed by atoms with Gasteiger partial charge in [-0.2, -0.15) is 0 Å². The molecule has 1 rings (SSSR count). The molecular formula is C6H10NO3. The molecule has 1 heterocycles. The fraction of sp³-hybridized carbons (Fsp3) is 0.667. The van der Waals surface area contributed by atoms with Gasteiger partial charge in [0, 0.05) is 6.61 Å². The van der Waals surface area contributed by atoms with Crippen molar-refractivity contribution in [2.24, 2.45) is 5.16 Å². The molecule has 0 fully saturated rings. The van der Waals surface area contributed by atoms with Crippen molar-refractivity contribution in [1.29, 1.82) is 0 Å². The van der Waals surface area contributed by atoms with E-state index in [-0.39, 0.29) is 6.29 Å². The van der Waals surface area contributed by atoms with Gasteiger partial charge in [-0.3, -0.25) is 0 Å². The van der Waals surface area contributed by atoms with E-state index in [9.17, 15) is 0 Å². The molecular weight excluding hydrogens is 134 g/mol. The van der Waals surface area contributed by atoms with E-state index in [4.69, 9.17) is 14.3 Å². The second-order valence-electron chi connectivity index (χ2n) is 1.75. The van der Waals surface area contributed by atoms with Crippen LogP contribution in [0.5, 0.6) is 0 Å². The van der Waals surface area contributed by atoms with Gasteiger partial charge in [-0.1, -0.05) is 5.16 Å². The largest absolute Gasteiger partial charge is 0.363 e. The van der Waals surface area contributed by atoms with Gasteiger partial charge >= 0.3 is 0 Å². The summed E-state index contributed by atoms with van der Waals surface area (Å²) in [5.41, 5.74) is 0. The fourth-order valence-corrected chi connectivity index (χ4v) is 0.533. The molecule has 0 saturated carbocycles. The molecule has 10 heavy (non-hydrogen) atoms. The molecule has 0 spiro atoms. The number of rotatable bonds is 4. The predicted molar refractivity (Wildman–Crippen MR) is 35.0 cm³/mol. The number of oxime groups is 1. The average Bonchev–Trinajstić information content (AvgIpc) is 2.41. The third-order valence-electron chi connectivity index (χ3n) is 0.993. The lowest BCUT2D eigenvalue weighted by atomic mass is 10.5. The SMILES string of the molecule is CCO[CH]OC1CC=NO1. The van der Waals surface area contributed by atoms with Crippen molar-refractivity contribution in [3.8, 4) is 0 Å². The Balaban J connectivity index is 1.93. The van der Waals surface area contributed by atoms with Gasteiger partial charge in [-0.05, 0) is 6.92 Å². The van der Waals surface area contributed by atoms with Crippen LogP contribution in [0, 0.1) is 6.79 Å². The van der Waals surface area contributed by atoms with Crippen LogP contribution in [0.25, 0.3) is 0 Å². The minimum absolute atomic E-state index is 0.286. The third-order valence-corrected chi connectivity index (χ3v) is 0.993. The van der Waals surface area contributed by atoms with Gasteiger partial charge in [0.05, 0.1) is 12.6 Å². The van der Waals surface area contributed by atoms with Crippen LogP contribution < -0.4 is 0 Å². The molecule has 0 saturated heterocycles. The maximum atomic E-state index is 4.95. The monoisotopic (exact) mass is 144 g/mol. The summed E-state index contributed by atoms with van der Waals surface area (Å²) in [6.45, 7) is 3.76. The first-order chi connectivity index (χ1) is 4.93. The number of nitrogens with zero attached hydrogens (tertiary/aromatic N) is 1. The Bertz CT molecular complexity index is 108. The van der Waals surface area contributed by atoms with E-state index in [1.165, 1.54) is 6.79 Å². The second-order valence-corrected chi connectivity index (χ2v) is 1.75. The highest BCUT2D eigenvalue weighted by Gasteiger charge is 2.12. The zero-order chi connectivity index (χ0) is 7.23. The van der Waals surface area contributed by atoms with Crippen LogP contribution >= 0.6 is 0 Å². The van der Waals surface area contributed by atoms with E-state index < -0.39 is 0 Å². The van der Waals surface area contributed by atoms with Gasteiger partial charge in [0.2, 0.25) is 13.1 Å². The normalized spacial score (nSPS) is 23.1. The summed E-state index contributed by atoms with van der Waals surface area (Å²) in [6, 6.07) is 0. The van der Waals surface area contributed by atoms with Crippen LogP contribution in [-0.2, 0) is 14.3 Å². The summed E-state index contributed by atoms with van der Waals surface area (Å²) in [4.78, 5) is 4.74. The topological polar surface area (TPSA) is 40.0 Å². The molecule has 1 aliphatic heterocycles. The van der Waals surface area contributed by atoms with Crippen LogP contribution in [0.2, 0.25) is 0 Å². The molecule has 0 N–H and O–H groups in total. The summed E-state index contributed by atoms with van der Waals surface area (Å²) in [7, 11) is 0. The van der Waals surface area contributed by atoms with Crippen molar-refractivity contribution in [1.82, 2.24) is 0 Å². The summed E-state index contributed by atoms with van der Waals surface area (Å²) in [6.07, 6.45) is 2.06. The Kier molecular flexibility index (Phi) is 3.18. The highest BCUT2D eigenvalue weighted by Crippen LogP contribution is 2.07. The molecule has 0 aromatic rings. The number of hydrogen-bond donors (Lipinski definition) is 0. The van der Waals surface area contributed by atoms with Crippen molar-refractivity contribution >= 4 is 6.21 Å². The van der Waals surface area contributed by atoms with Crippen LogP contribution in [0.15, 0.2) is 5.16 Å². The maximum Gasteiger partial charge on any atom is 0.234 e. The van der Waals surface area contributed by atoms with E-state index >= 15 is 0 Å². The first-order valence-corrected chi connectivity index (χ1v) is 3.20. The van der Waals surface area contributed by atoms with Gasteiger partial charge < -0.3 is 14.3 Å². The van der Waals surface area contributed by atoms with E-state index in [2.05, 4.69) is 5.16 Å². The zero-order valence-corrected chi connectivity index (χ0v) is 5.82. The standard InChI is InChI=1S/C6H10NO3/c1-2-8-5-9-6-3-4-7-10-6/h4-6H,2-3H2,1H3. The second kappa shape index (κ2) is 4.24. The van der Waals surface area contributed by atoms with Crippen LogP contribution in [0.1, 0.15) is 13.3 Å². The maximum absolute atomic E-state index is 4.95. The Morgan fingerprint density at radius 2 is 2.80 bits per heavy atom. The van der Waals surface area contributed by atoms with Crippen molar-refractivity contribution in [2.45, 2.75) is 19.6 Å². The van der Waals surface area contributed by atoms with Gasteiger partial charge in [0.1, 0.15) is 0 Å². The summed E-state index contributed by atoms with van der Waals surface area (Å²) in [5, 5.41) is 3.52. The molecule has 1 unspecified atom stereocenters. The summed E-state index contributed by atoms with van der Waals surface area (Å²) >= 11 is 0. The molecule has 57 valence electrons. The minimum atomic E-state index is -0.286. The van der Waals surface area contributed by atoms with E-state index in [0.717, 1.165) is 0 Å². The van der Waals surface area contributed by atoms with Crippen LogP contribution in [0.4, 0.5) is 0 Å². The molecule has 0 bridgehead atoms. The zero-order valence-electron chi connectivity index (χ0n) is 5.82.